The Morgan fingerprint density at radius 3 is 2.48 bits per heavy atom. The normalized spacial score (nSPS) is 27.8. The molecule has 1 aliphatic carbocycles. The molecule has 1 aliphatic rings. The topological polar surface area (TPSA) is 42.1 Å². The standard InChI is InChI=1S/C18H31N3/c1-5-15-6-7-16(20-13-15)12-17(19)18(21(3)4)10-8-14(2)9-11-18/h6-7,13-14,17H,5,8-12,19H2,1-4H3. The molecule has 1 heterocycles. The minimum Gasteiger partial charge on any atom is -0.326 e. The SMILES string of the molecule is CCc1ccc(CC(N)C2(N(C)C)CCC(C)CC2)nc1. The fraction of sp³-hybridized carbons (Fsp3) is 0.722. The lowest BCUT2D eigenvalue weighted by atomic mass is 9.71. The smallest absolute Gasteiger partial charge is 0.0419 e. The highest BCUT2D eigenvalue weighted by atomic mass is 15.2. The minimum atomic E-state index is 0.137. The fourth-order valence-corrected chi connectivity index (χ4v) is 3.61. The molecule has 0 radical (unpaired) electrons. The molecular weight excluding hydrogens is 258 g/mol. The monoisotopic (exact) mass is 289 g/mol. The number of hydrogen-bond donors (Lipinski definition) is 1. The largest absolute Gasteiger partial charge is 0.326 e. The second-order valence-corrected chi connectivity index (χ2v) is 7.00. The number of hydrogen-bond acceptors (Lipinski definition) is 3. The van der Waals surface area contributed by atoms with Gasteiger partial charge in [0.2, 0.25) is 0 Å². The Kier molecular flexibility index (Phi) is 5.39. The summed E-state index contributed by atoms with van der Waals surface area (Å²) in [5, 5.41) is 0. The van der Waals surface area contributed by atoms with Gasteiger partial charge in [0.15, 0.2) is 0 Å². The first-order chi connectivity index (χ1) is 9.98. The maximum absolute atomic E-state index is 6.65. The molecule has 3 nitrogen and oxygen atoms in total. The van der Waals surface area contributed by atoms with Crippen LogP contribution in [0.2, 0.25) is 0 Å². The van der Waals surface area contributed by atoms with Gasteiger partial charge >= 0.3 is 0 Å². The van der Waals surface area contributed by atoms with Crippen molar-refractivity contribution < 1.29 is 0 Å². The van der Waals surface area contributed by atoms with E-state index >= 15 is 0 Å². The van der Waals surface area contributed by atoms with Crippen LogP contribution in [0, 0.1) is 5.92 Å². The second-order valence-electron chi connectivity index (χ2n) is 7.00. The van der Waals surface area contributed by atoms with Gasteiger partial charge in [0.1, 0.15) is 0 Å². The maximum Gasteiger partial charge on any atom is 0.0419 e. The van der Waals surface area contributed by atoms with Crippen LogP contribution in [-0.4, -0.2) is 35.6 Å². The van der Waals surface area contributed by atoms with E-state index in [0.29, 0.717) is 0 Å². The number of nitrogens with two attached hydrogens (primary N) is 1. The summed E-state index contributed by atoms with van der Waals surface area (Å²) in [5.41, 5.74) is 9.20. The summed E-state index contributed by atoms with van der Waals surface area (Å²) < 4.78 is 0. The first-order valence-electron chi connectivity index (χ1n) is 8.34. The molecule has 0 spiro atoms. The molecule has 0 aliphatic heterocycles. The lowest BCUT2D eigenvalue weighted by molar-refractivity contribution is 0.0565. The van der Waals surface area contributed by atoms with E-state index in [1.165, 1.54) is 31.2 Å². The summed E-state index contributed by atoms with van der Waals surface area (Å²) in [4.78, 5) is 6.96. The van der Waals surface area contributed by atoms with E-state index in [-0.39, 0.29) is 11.6 Å². The number of aromatic nitrogens is 1. The van der Waals surface area contributed by atoms with E-state index in [0.717, 1.165) is 24.5 Å². The highest BCUT2D eigenvalue weighted by molar-refractivity contribution is 5.16. The Labute approximate surface area is 129 Å². The van der Waals surface area contributed by atoms with Gasteiger partial charge in [-0.2, -0.15) is 0 Å². The van der Waals surface area contributed by atoms with Crippen LogP contribution >= 0.6 is 0 Å². The molecule has 1 saturated carbocycles. The van der Waals surface area contributed by atoms with Gasteiger partial charge in [-0.05, 0) is 63.7 Å². The highest BCUT2D eigenvalue weighted by Gasteiger charge is 2.41. The molecule has 21 heavy (non-hydrogen) atoms. The van der Waals surface area contributed by atoms with E-state index in [1.54, 1.807) is 0 Å². The van der Waals surface area contributed by atoms with Crippen LogP contribution < -0.4 is 5.73 Å². The molecule has 2 N–H and O–H groups in total. The van der Waals surface area contributed by atoms with Crippen LogP contribution in [0.25, 0.3) is 0 Å². The van der Waals surface area contributed by atoms with Gasteiger partial charge in [-0.1, -0.05) is 19.9 Å². The zero-order chi connectivity index (χ0) is 15.5. The number of nitrogens with zero attached hydrogens (tertiary/aromatic N) is 2. The van der Waals surface area contributed by atoms with E-state index in [4.69, 9.17) is 5.73 Å². The molecule has 1 aromatic heterocycles. The molecular formula is C18H31N3. The van der Waals surface area contributed by atoms with Gasteiger partial charge in [-0.3, -0.25) is 4.98 Å². The second kappa shape index (κ2) is 6.89. The summed E-state index contributed by atoms with van der Waals surface area (Å²) in [6.45, 7) is 4.52. The number of likely N-dealkylation sites (N-methyl/N-ethyl adjacent to an activating group) is 1. The Bertz CT molecular complexity index is 430. The van der Waals surface area contributed by atoms with Crippen molar-refractivity contribution in [1.29, 1.82) is 0 Å². The quantitative estimate of drug-likeness (QED) is 0.906. The summed E-state index contributed by atoms with van der Waals surface area (Å²) in [7, 11) is 4.37. The van der Waals surface area contributed by atoms with Gasteiger partial charge in [-0.15, -0.1) is 0 Å². The van der Waals surface area contributed by atoms with Crippen molar-refractivity contribution in [1.82, 2.24) is 9.88 Å². The number of aryl methyl sites for hydroxylation is 1. The number of pyridine rings is 1. The van der Waals surface area contributed by atoms with E-state index < -0.39 is 0 Å². The number of rotatable bonds is 5. The zero-order valence-corrected chi connectivity index (χ0v) is 14.1. The van der Waals surface area contributed by atoms with Crippen molar-refractivity contribution in [3.8, 4) is 0 Å². The Hall–Kier alpha value is -0.930. The van der Waals surface area contributed by atoms with Crippen LogP contribution in [-0.2, 0) is 12.8 Å². The first kappa shape index (κ1) is 16.4. The van der Waals surface area contributed by atoms with Gasteiger partial charge < -0.3 is 10.6 Å². The molecule has 118 valence electrons. The molecule has 1 aromatic rings. The summed E-state index contributed by atoms with van der Waals surface area (Å²) in [6.07, 6.45) is 8.88. The van der Waals surface area contributed by atoms with Crippen LogP contribution in [0.1, 0.15) is 50.8 Å². The summed E-state index contributed by atoms with van der Waals surface area (Å²) in [6, 6.07) is 4.48. The van der Waals surface area contributed by atoms with Gasteiger partial charge in [0.05, 0.1) is 0 Å². The maximum atomic E-state index is 6.65. The van der Waals surface area contributed by atoms with Crippen molar-refractivity contribution in [3.05, 3.63) is 29.6 Å². The zero-order valence-electron chi connectivity index (χ0n) is 14.1. The molecule has 0 bridgehead atoms. The van der Waals surface area contributed by atoms with E-state index in [2.05, 4.69) is 50.0 Å². The van der Waals surface area contributed by atoms with Crippen molar-refractivity contribution in [2.24, 2.45) is 11.7 Å². The molecule has 3 heteroatoms. The molecule has 1 unspecified atom stereocenters. The van der Waals surface area contributed by atoms with Crippen LogP contribution in [0.3, 0.4) is 0 Å². The molecule has 2 rings (SSSR count). The predicted molar refractivity (Wildman–Crippen MR) is 89.3 cm³/mol. The van der Waals surface area contributed by atoms with Gasteiger partial charge in [0.25, 0.3) is 0 Å². The van der Waals surface area contributed by atoms with Crippen molar-refractivity contribution >= 4 is 0 Å². The Balaban J connectivity index is 2.09. The van der Waals surface area contributed by atoms with Crippen LogP contribution in [0.4, 0.5) is 0 Å². The molecule has 0 saturated heterocycles. The first-order valence-corrected chi connectivity index (χ1v) is 8.34. The summed E-state index contributed by atoms with van der Waals surface area (Å²) >= 11 is 0. The molecule has 1 atom stereocenters. The average molecular weight is 289 g/mol. The lowest BCUT2D eigenvalue weighted by Gasteiger charge is -2.48. The Morgan fingerprint density at radius 2 is 2.00 bits per heavy atom. The third-order valence-electron chi connectivity index (χ3n) is 5.44. The summed E-state index contributed by atoms with van der Waals surface area (Å²) in [5.74, 6) is 0.840. The molecule has 0 aromatic carbocycles. The third kappa shape index (κ3) is 3.64. The molecule has 1 fully saturated rings. The van der Waals surface area contributed by atoms with Crippen molar-refractivity contribution in [2.45, 2.75) is 64.0 Å². The highest BCUT2D eigenvalue weighted by Crippen LogP contribution is 2.37. The van der Waals surface area contributed by atoms with Crippen molar-refractivity contribution in [3.63, 3.8) is 0 Å². The van der Waals surface area contributed by atoms with E-state index in [1.807, 2.05) is 6.20 Å². The van der Waals surface area contributed by atoms with Crippen LogP contribution in [0.15, 0.2) is 18.3 Å². The average Bonchev–Trinajstić information content (AvgIpc) is 2.48. The van der Waals surface area contributed by atoms with E-state index in [9.17, 15) is 0 Å². The third-order valence-corrected chi connectivity index (χ3v) is 5.44. The Morgan fingerprint density at radius 1 is 1.33 bits per heavy atom. The predicted octanol–water partition coefficient (Wildman–Crippen LogP) is 3.02. The molecule has 0 amide bonds. The van der Waals surface area contributed by atoms with Crippen molar-refractivity contribution in [2.75, 3.05) is 14.1 Å². The van der Waals surface area contributed by atoms with Gasteiger partial charge in [0, 0.05) is 29.9 Å². The minimum absolute atomic E-state index is 0.137. The van der Waals surface area contributed by atoms with Gasteiger partial charge in [-0.25, -0.2) is 0 Å². The van der Waals surface area contributed by atoms with Crippen LogP contribution in [0.5, 0.6) is 0 Å². The lowest BCUT2D eigenvalue weighted by Crippen LogP contribution is -2.59. The fourth-order valence-electron chi connectivity index (χ4n) is 3.61.